The molecule has 15 heavy (non-hydrogen) atoms. The first-order valence-electron chi connectivity index (χ1n) is 4.92. The first-order valence-corrected chi connectivity index (χ1v) is 4.92. The summed E-state index contributed by atoms with van der Waals surface area (Å²) in [6.07, 6.45) is -0.262. The van der Waals surface area contributed by atoms with E-state index in [9.17, 15) is 8.78 Å². The van der Waals surface area contributed by atoms with Gasteiger partial charge in [0.25, 0.3) is 5.92 Å². The average molecular weight is 213 g/mol. The van der Waals surface area contributed by atoms with Gasteiger partial charge in [-0.2, -0.15) is 0 Å². The highest BCUT2D eigenvalue weighted by Gasteiger charge is 2.39. The van der Waals surface area contributed by atoms with Crippen LogP contribution in [0.1, 0.15) is 30.5 Å². The fourth-order valence-corrected chi connectivity index (χ4v) is 1.78. The van der Waals surface area contributed by atoms with E-state index < -0.39 is 5.92 Å². The fourth-order valence-electron chi connectivity index (χ4n) is 1.78. The zero-order chi connectivity index (χ0) is 11.1. The molecule has 2 nitrogen and oxygen atoms in total. The van der Waals surface area contributed by atoms with Crippen molar-refractivity contribution in [3.8, 4) is 5.75 Å². The third-order valence-corrected chi connectivity index (χ3v) is 2.59. The Hall–Kier alpha value is -1.16. The Balaban J connectivity index is 2.56. The highest BCUT2D eigenvalue weighted by molar-refractivity contribution is 5.46. The lowest BCUT2D eigenvalue weighted by atomic mass is 9.96. The Morgan fingerprint density at radius 3 is 2.87 bits per heavy atom. The molecule has 0 bridgehead atoms. The summed E-state index contributed by atoms with van der Waals surface area (Å²) in [5.74, 6) is -2.53. The fraction of sp³-hybridized carbons (Fsp3) is 0.455. The number of benzene rings is 1. The maximum atomic E-state index is 13.5. The Labute approximate surface area is 87.0 Å². The zero-order valence-corrected chi connectivity index (χ0v) is 8.47. The molecule has 1 aliphatic heterocycles. The van der Waals surface area contributed by atoms with Crippen LogP contribution >= 0.6 is 0 Å². The van der Waals surface area contributed by atoms with E-state index in [2.05, 4.69) is 0 Å². The molecule has 1 atom stereocenters. The molecule has 0 fully saturated rings. The molecule has 0 saturated heterocycles. The van der Waals surface area contributed by atoms with E-state index in [0.717, 1.165) is 0 Å². The molecule has 4 heteroatoms. The third-order valence-electron chi connectivity index (χ3n) is 2.59. The molecule has 1 aromatic rings. The Morgan fingerprint density at radius 2 is 2.20 bits per heavy atom. The molecule has 1 aliphatic rings. The van der Waals surface area contributed by atoms with Gasteiger partial charge in [0, 0.05) is 11.6 Å². The normalized spacial score (nSPS) is 20.3. The van der Waals surface area contributed by atoms with Crippen molar-refractivity contribution in [1.82, 2.24) is 0 Å². The summed E-state index contributed by atoms with van der Waals surface area (Å²) in [5, 5.41) is 0. The predicted molar refractivity (Wildman–Crippen MR) is 53.1 cm³/mol. The van der Waals surface area contributed by atoms with Crippen molar-refractivity contribution in [3.63, 3.8) is 0 Å². The molecule has 0 aromatic heterocycles. The molecule has 1 unspecified atom stereocenters. The number of hydrogen-bond acceptors (Lipinski definition) is 2. The molecule has 2 N–H and O–H groups in total. The molecule has 2 rings (SSSR count). The van der Waals surface area contributed by atoms with E-state index in [1.54, 1.807) is 19.1 Å². The molecule has 0 amide bonds. The van der Waals surface area contributed by atoms with Gasteiger partial charge in [-0.15, -0.1) is 0 Å². The van der Waals surface area contributed by atoms with Gasteiger partial charge in [0.2, 0.25) is 0 Å². The number of nitrogens with two attached hydrogens (primary N) is 1. The molecule has 0 aliphatic carbocycles. The summed E-state index contributed by atoms with van der Waals surface area (Å²) in [7, 11) is 0. The van der Waals surface area contributed by atoms with Gasteiger partial charge in [-0.1, -0.05) is 12.1 Å². The summed E-state index contributed by atoms with van der Waals surface area (Å²) in [6, 6.07) is 4.43. The number of hydrogen-bond donors (Lipinski definition) is 1. The average Bonchev–Trinajstić information content (AvgIpc) is 2.16. The van der Waals surface area contributed by atoms with E-state index in [0.29, 0.717) is 5.56 Å². The van der Waals surface area contributed by atoms with Gasteiger partial charge in [-0.25, -0.2) is 8.78 Å². The Bertz CT molecular complexity index is 377. The number of halogens is 2. The van der Waals surface area contributed by atoms with E-state index >= 15 is 0 Å². The molecule has 0 saturated carbocycles. The standard InChI is InChI=1S/C11H13F2NO/c1-7(14)8-3-2-4-9-10(8)15-6-5-11(9,12)13/h2-4,7H,5-6,14H2,1H3. The van der Waals surface area contributed by atoms with Crippen LogP contribution in [0.5, 0.6) is 5.75 Å². The second kappa shape index (κ2) is 3.45. The SMILES string of the molecule is CC(N)c1cccc2c1OCCC2(F)F. The van der Waals surface area contributed by atoms with Crippen LogP contribution in [-0.4, -0.2) is 6.61 Å². The minimum Gasteiger partial charge on any atom is -0.492 e. The first-order chi connectivity index (χ1) is 7.02. The summed E-state index contributed by atoms with van der Waals surface area (Å²) >= 11 is 0. The molecule has 1 aromatic carbocycles. The summed E-state index contributed by atoms with van der Waals surface area (Å²) in [4.78, 5) is 0. The van der Waals surface area contributed by atoms with Crippen LogP contribution in [0.15, 0.2) is 18.2 Å². The Morgan fingerprint density at radius 1 is 1.47 bits per heavy atom. The molecule has 1 heterocycles. The second-order valence-corrected chi connectivity index (χ2v) is 3.82. The lowest BCUT2D eigenvalue weighted by Crippen LogP contribution is -2.25. The molecular weight excluding hydrogens is 200 g/mol. The van der Waals surface area contributed by atoms with E-state index in [1.807, 2.05) is 0 Å². The van der Waals surface area contributed by atoms with Crippen LogP contribution in [0.4, 0.5) is 8.78 Å². The minimum absolute atomic E-state index is 0.0384. The van der Waals surface area contributed by atoms with Crippen molar-refractivity contribution in [2.45, 2.75) is 25.3 Å². The first kappa shape index (κ1) is 10.4. The van der Waals surface area contributed by atoms with E-state index in [4.69, 9.17) is 10.5 Å². The van der Waals surface area contributed by atoms with Gasteiger partial charge in [0.1, 0.15) is 5.75 Å². The summed E-state index contributed by atoms with van der Waals surface area (Å²) < 4.78 is 32.3. The summed E-state index contributed by atoms with van der Waals surface area (Å²) in [6.45, 7) is 1.80. The van der Waals surface area contributed by atoms with Gasteiger partial charge in [-0.05, 0) is 13.0 Å². The maximum Gasteiger partial charge on any atom is 0.280 e. The van der Waals surface area contributed by atoms with Gasteiger partial charge in [0.05, 0.1) is 18.6 Å². The van der Waals surface area contributed by atoms with E-state index in [-0.39, 0.29) is 30.4 Å². The van der Waals surface area contributed by atoms with Gasteiger partial charge in [-0.3, -0.25) is 0 Å². The highest BCUT2D eigenvalue weighted by Crippen LogP contribution is 2.43. The lowest BCUT2D eigenvalue weighted by molar-refractivity contribution is -0.0408. The lowest BCUT2D eigenvalue weighted by Gasteiger charge is -2.28. The van der Waals surface area contributed by atoms with Crippen molar-refractivity contribution in [2.75, 3.05) is 6.61 Å². The number of para-hydroxylation sites is 1. The molecule has 82 valence electrons. The van der Waals surface area contributed by atoms with Crippen LogP contribution in [0.2, 0.25) is 0 Å². The monoisotopic (exact) mass is 213 g/mol. The van der Waals surface area contributed by atoms with Crippen LogP contribution in [0, 0.1) is 0 Å². The Kier molecular flexibility index (Phi) is 2.38. The van der Waals surface area contributed by atoms with Crippen LogP contribution < -0.4 is 10.5 Å². The number of ether oxygens (including phenoxy) is 1. The van der Waals surface area contributed by atoms with E-state index in [1.165, 1.54) is 6.07 Å². The highest BCUT2D eigenvalue weighted by atomic mass is 19.3. The van der Waals surface area contributed by atoms with Crippen molar-refractivity contribution in [3.05, 3.63) is 29.3 Å². The number of fused-ring (bicyclic) bond motifs is 1. The van der Waals surface area contributed by atoms with Crippen LogP contribution in [0.3, 0.4) is 0 Å². The summed E-state index contributed by atoms with van der Waals surface area (Å²) in [5.41, 5.74) is 6.31. The predicted octanol–water partition coefficient (Wildman–Crippen LogP) is 2.58. The quantitative estimate of drug-likeness (QED) is 0.778. The van der Waals surface area contributed by atoms with Gasteiger partial charge in [0.15, 0.2) is 0 Å². The number of alkyl halides is 2. The molecule has 0 spiro atoms. The van der Waals surface area contributed by atoms with Crippen LogP contribution in [0.25, 0.3) is 0 Å². The van der Waals surface area contributed by atoms with Gasteiger partial charge >= 0.3 is 0 Å². The minimum atomic E-state index is -2.79. The maximum absolute atomic E-state index is 13.5. The molecule has 0 radical (unpaired) electrons. The number of rotatable bonds is 1. The largest absolute Gasteiger partial charge is 0.492 e. The van der Waals surface area contributed by atoms with Crippen molar-refractivity contribution in [1.29, 1.82) is 0 Å². The van der Waals surface area contributed by atoms with Crippen molar-refractivity contribution >= 4 is 0 Å². The third kappa shape index (κ3) is 1.69. The van der Waals surface area contributed by atoms with Gasteiger partial charge < -0.3 is 10.5 Å². The second-order valence-electron chi connectivity index (χ2n) is 3.82. The zero-order valence-electron chi connectivity index (χ0n) is 8.47. The molecular formula is C11H13F2NO. The van der Waals surface area contributed by atoms with Crippen molar-refractivity contribution in [2.24, 2.45) is 5.73 Å². The topological polar surface area (TPSA) is 35.2 Å². The van der Waals surface area contributed by atoms with Crippen molar-refractivity contribution < 1.29 is 13.5 Å². The van der Waals surface area contributed by atoms with Crippen LogP contribution in [-0.2, 0) is 5.92 Å². The smallest absolute Gasteiger partial charge is 0.280 e.